The van der Waals surface area contributed by atoms with Crippen LogP contribution in [0.2, 0.25) is 6.04 Å². The number of rotatable bonds is 7. The van der Waals surface area contributed by atoms with Gasteiger partial charge in [-0.05, 0) is 6.42 Å². The molecular formula is C12H21NO4Si. The van der Waals surface area contributed by atoms with E-state index in [0.717, 1.165) is 6.42 Å². The molecule has 6 heteroatoms. The van der Waals surface area contributed by atoms with Gasteiger partial charge in [0.1, 0.15) is 0 Å². The lowest BCUT2D eigenvalue weighted by Gasteiger charge is -2.25. The van der Waals surface area contributed by atoms with E-state index in [2.05, 4.69) is 5.92 Å². The van der Waals surface area contributed by atoms with Gasteiger partial charge in [0.25, 0.3) is 0 Å². The second kappa shape index (κ2) is 6.90. The van der Waals surface area contributed by atoms with E-state index < -0.39 is 8.80 Å². The zero-order chi connectivity index (χ0) is 13.6. The van der Waals surface area contributed by atoms with Crippen molar-refractivity contribution in [3.63, 3.8) is 0 Å². The van der Waals surface area contributed by atoms with E-state index in [4.69, 9.17) is 19.7 Å². The molecule has 0 spiro atoms. The predicted octanol–water partition coefficient (Wildman–Crippen LogP) is 0.736. The fourth-order valence-corrected chi connectivity index (χ4v) is 3.85. The van der Waals surface area contributed by atoms with Gasteiger partial charge in [-0.2, -0.15) is 0 Å². The molecule has 18 heavy (non-hydrogen) atoms. The molecule has 102 valence electrons. The Bertz CT molecular complexity index is 316. The molecule has 0 N–H and O–H groups in total. The first-order valence-corrected chi connectivity index (χ1v) is 7.93. The Hall–Kier alpha value is -0.873. The van der Waals surface area contributed by atoms with E-state index in [-0.39, 0.29) is 11.8 Å². The van der Waals surface area contributed by atoms with Crippen molar-refractivity contribution in [1.82, 2.24) is 4.90 Å². The van der Waals surface area contributed by atoms with Crippen LogP contribution in [-0.4, -0.2) is 54.0 Å². The van der Waals surface area contributed by atoms with Gasteiger partial charge in [-0.1, -0.05) is 0 Å². The number of hydrogen-bond acceptors (Lipinski definition) is 4. The van der Waals surface area contributed by atoms with E-state index in [0.29, 0.717) is 25.6 Å². The minimum Gasteiger partial charge on any atom is -0.377 e. The van der Waals surface area contributed by atoms with E-state index >= 15 is 0 Å². The van der Waals surface area contributed by atoms with Crippen molar-refractivity contribution in [2.45, 2.75) is 18.9 Å². The van der Waals surface area contributed by atoms with Crippen molar-refractivity contribution in [3.05, 3.63) is 0 Å². The summed E-state index contributed by atoms with van der Waals surface area (Å²) in [5.74, 6) is 2.83. The van der Waals surface area contributed by atoms with Crippen molar-refractivity contribution in [3.8, 4) is 12.3 Å². The number of amides is 1. The van der Waals surface area contributed by atoms with Crippen LogP contribution in [0.4, 0.5) is 0 Å². The lowest BCUT2D eigenvalue weighted by molar-refractivity contribution is -0.127. The van der Waals surface area contributed by atoms with Gasteiger partial charge in [-0.15, -0.1) is 12.3 Å². The van der Waals surface area contributed by atoms with Crippen LogP contribution in [0.15, 0.2) is 0 Å². The summed E-state index contributed by atoms with van der Waals surface area (Å²) in [5.41, 5.74) is 0. The average molecular weight is 271 g/mol. The maximum atomic E-state index is 11.7. The summed E-state index contributed by atoms with van der Waals surface area (Å²) >= 11 is 0. The summed E-state index contributed by atoms with van der Waals surface area (Å²) in [6.45, 7) is 1.35. The van der Waals surface area contributed by atoms with Gasteiger partial charge in [0.2, 0.25) is 5.91 Å². The van der Waals surface area contributed by atoms with Gasteiger partial charge in [0, 0.05) is 52.8 Å². The quantitative estimate of drug-likeness (QED) is 0.506. The normalized spacial score (nSPS) is 20.2. The van der Waals surface area contributed by atoms with Crippen LogP contribution in [0.5, 0.6) is 0 Å². The second-order valence-electron chi connectivity index (χ2n) is 4.31. The lowest BCUT2D eigenvalue weighted by atomic mass is 10.1. The Morgan fingerprint density at radius 3 is 2.44 bits per heavy atom. The summed E-state index contributed by atoms with van der Waals surface area (Å²) < 4.78 is 16.0. The summed E-state index contributed by atoms with van der Waals surface area (Å²) in [5, 5.41) is 0. The third-order valence-corrected chi connectivity index (χ3v) is 6.13. The van der Waals surface area contributed by atoms with E-state index in [9.17, 15) is 4.79 Å². The molecule has 1 rings (SSSR count). The molecule has 0 aromatic rings. The maximum Gasteiger partial charge on any atom is 0.500 e. The van der Waals surface area contributed by atoms with Crippen LogP contribution in [0, 0.1) is 18.3 Å². The molecule has 0 aromatic carbocycles. The van der Waals surface area contributed by atoms with Gasteiger partial charge >= 0.3 is 8.80 Å². The molecule has 1 heterocycles. The summed E-state index contributed by atoms with van der Waals surface area (Å²) in [6, 6.07) is 0.695. The predicted molar refractivity (Wildman–Crippen MR) is 69.7 cm³/mol. The molecule has 1 atom stereocenters. The first-order chi connectivity index (χ1) is 8.60. The van der Waals surface area contributed by atoms with Crippen LogP contribution in [-0.2, 0) is 18.1 Å². The molecular weight excluding hydrogens is 250 g/mol. The van der Waals surface area contributed by atoms with E-state index in [1.807, 2.05) is 4.90 Å². The molecule has 0 bridgehead atoms. The standard InChI is InChI=1S/C12H21NO4Si/c1-5-11-9-12(14)13(10-11)7-6-8-18(15-2,16-3)17-4/h1,11H,6-10H2,2-4H3. The van der Waals surface area contributed by atoms with Crippen LogP contribution in [0.25, 0.3) is 0 Å². The number of carbonyl (C=O) groups is 1. The van der Waals surface area contributed by atoms with Gasteiger partial charge < -0.3 is 18.2 Å². The Balaban J connectivity index is 2.38. The average Bonchev–Trinajstić information content (AvgIpc) is 2.76. The van der Waals surface area contributed by atoms with Crippen molar-refractivity contribution >= 4 is 14.7 Å². The van der Waals surface area contributed by atoms with Crippen molar-refractivity contribution < 1.29 is 18.1 Å². The van der Waals surface area contributed by atoms with Gasteiger partial charge in [-0.3, -0.25) is 4.79 Å². The molecule has 0 radical (unpaired) electrons. The van der Waals surface area contributed by atoms with Gasteiger partial charge in [0.15, 0.2) is 0 Å². The van der Waals surface area contributed by atoms with Crippen molar-refractivity contribution in [2.75, 3.05) is 34.4 Å². The van der Waals surface area contributed by atoms with Crippen molar-refractivity contribution in [2.24, 2.45) is 5.92 Å². The van der Waals surface area contributed by atoms with Gasteiger partial charge in [-0.25, -0.2) is 0 Å². The fraction of sp³-hybridized carbons (Fsp3) is 0.750. The maximum absolute atomic E-state index is 11.7. The first kappa shape index (κ1) is 15.2. The highest BCUT2D eigenvalue weighted by Crippen LogP contribution is 2.20. The number of carbonyl (C=O) groups excluding carboxylic acids is 1. The van der Waals surface area contributed by atoms with Crippen LogP contribution in [0.1, 0.15) is 12.8 Å². The van der Waals surface area contributed by atoms with Crippen molar-refractivity contribution in [1.29, 1.82) is 0 Å². The van der Waals surface area contributed by atoms with E-state index in [1.165, 1.54) is 0 Å². The molecule has 5 nitrogen and oxygen atoms in total. The zero-order valence-corrected chi connectivity index (χ0v) is 12.3. The van der Waals surface area contributed by atoms with Crippen LogP contribution in [0.3, 0.4) is 0 Å². The molecule has 0 saturated carbocycles. The second-order valence-corrected chi connectivity index (χ2v) is 7.40. The Labute approximate surface area is 110 Å². The largest absolute Gasteiger partial charge is 0.500 e. The summed E-state index contributed by atoms with van der Waals surface area (Å²) in [7, 11) is 2.26. The number of terminal acetylenes is 1. The highest BCUT2D eigenvalue weighted by molar-refractivity contribution is 6.60. The number of hydrogen-bond donors (Lipinski definition) is 0. The lowest BCUT2D eigenvalue weighted by Crippen LogP contribution is -2.43. The SMILES string of the molecule is C#CC1CC(=O)N(CCC[Si](OC)(OC)OC)C1. The summed E-state index contributed by atoms with van der Waals surface area (Å²) in [6.07, 6.45) is 6.61. The molecule has 1 aliphatic heterocycles. The first-order valence-electron chi connectivity index (χ1n) is 6.00. The fourth-order valence-electron chi connectivity index (χ4n) is 2.14. The molecule has 1 saturated heterocycles. The topological polar surface area (TPSA) is 48.0 Å². The molecule has 1 unspecified atom stereocenters. The third-order valence-electron chi connectivity index (χ3n) is 3.29. The monoisotopic (exact) mass is 271 g/mol. The molecule has 0 aliphatic carbocycles. The van der Waals surface area contributed by atoms with E-state index in [1.54, 1.807) is 21.3 Å². The minimum absolute atomic E-state index is 0.0618. The Morgan fingerprint density at radius 1 is 1.39 bits per heavy atom. The van der Waals surface area contributed by atoms with Crippen LogP contribution < -0.4 is 0 Å². The summed E-state index contributed by atoms with van der Waals surface area (Å²) in [4.78, 5) is 13.5. The number of likely N-dealkylation sites (tertiary alicyclic amines) is 1. The van der Waals surface area contributed by atoms with Gasteiger partial charge in [0.05, 0.1) is 0 Å². The highest BCUT2D eigenvalue weighted by Gasteiger charge is 2.37. The number of nitrogens with zero attached hydrogens (tertiary/aromatic N) is 1. The molecule has 1 aliphatic rings. The highest BCUT2D eigenvalue weighted by atomic mass is 28.4. The smallest absolute Gasteiger partial charge is 0.377 e. The Morgan fingerprint density at radius 2 is 2.00 bits per heavy atom. The third kappa shape index (κ3) is 3.56. The Kier molecular flexibility index (Phi) is 5.82. The molecule has 0 aromatic heterocycles. The molecule has 1 fully saturated rings. The van der Waals surface area contributed by atoms with Crippen LogP contribution >= 0.6 is 0 Å². The zero-order valence-electron chi connectivity index (χ0n) is 11.3. The molecule has 1 amide bonds. The minimum atomic E-state index is -2.51.